The van der Waals surface area contributed by atoms with Gasteiger partial charge in [0.1, 0.15) is 5.82 Å². The molecule has 1 amide bonds. The Kier molecular flexibility index (Phi) is 3.81. The van der Waals surface area contributed by atoms with Gasteiger partial charge in [-0.2, -0.15) is 0 Å². The van der Waals surface area contributed by atoms with Crippen molar-refractivity contribution >= 4 is 11.6 Å². The van der Waals surface area contributed by atoms with Gasteiger partial charge in [-0.3, -0.25) is 4.79 Å². The predicted molar refractivity (Wildman–Crippen MR) is 69.5 cm³/mol. The molecule has 2 rings (SSSR count). The van der Waals surface area contributed by atoms with Crippen molar-refractivity contribution in [3.8, 4) is 0 Å². The van der Waals surface area contributed by atoms with Gasteiger partial charge in [0.25, 0.3) is 5.91 Å². The van der Waals surface area contributed by atoms with Crippen molar-refractivity contribution in [3.05, 3.63) is 29.6 Å². The quantitative estimate of drug-likeness (QED) is 0.849. The summed E-state index contributed by atoms with van der Waals surface area (Å²) in [6.45, 7) is 3.53. The number of piperazine rings is 1. The maximum Gasteiger partial charge on any atom is 0.256 e. The normalized spacial score (nSPS) is 15.6. The molecule has 1 fully saturated rings. The van der Waals surface area contributed by atoms with Gasteiger partial charge in [-0.05, 0) is 18.2 Å². The number of carbonyl (C=O) groups excluding carboxylic acids is 1. The Morgan fingerprint density at radius 3 is 2.56 bits per heavy atom. The highest BCUT2D eigenvalue weighted by molar-refractivity contribution is 5.94. The Morgan fingerprint density at radius 1 is 1.33 bits per heavy atom. The second-order valence-corrected chi connectivity index (χ2v) is 4.60. The molecular formula is C13H18FN3O. The zero-order chi connectivity index (χ0) is 13.1. The lowest BCUT2D eigenvalue weighted by Gasteiger charge is -2.29. The van der Waals surface area contributed by atoms with Crippen LogP contribution in [0.25, 0.3) is 0 Å². The second-order valence-electron chi connectivity index (χ2n) is 4.60. The van der Waals surface area contributed by atoms with Crippen LogP contribution in [-0.2, 0) is 0 Å². The maximum absolute atomic E-state index is 13.9. The minimum absolute atomic E-state index is 0.124. The van der Waals surface area contributed by atoms with Gasteiger partial charge in [0, 0.05) is 46.0 Å². The SMILES string of the molecule is CN(C)C(=O)c1ccc(N2CCNCC2)cc1F. The van der Waals surface area contributed by atoms with E-state index in [1.807, 2.05) is 6.07 Å². The van der Waals surface area contributed by atoms with Crippen LogP contribution in [0, 0.1) is 5.82 Å². The van der Waals surface area contributed by atoms with Crippen LogP contribution in [0.3, 0.4) is 0 Å². The summed E-state index contributed by atoms with van der Waals surface area (Å²) in [5, 5.41) is 3.25. The third kappa shape index (κ3) is 2.61. The van der Waals surface area contributed by atoms with E-state index < -0.39 is 5.82 Å². The van der Waals surface area contributed by atoms with Gasteiger partial charge in [-0.1, -0.05) is 0 Å². The number of rotatable bonds is 2. The van der Waals surface area contributed by atoms with Crippen LogP contribution < -0.4 is 10.2 Å². The molecule has 4 nitrogen and oxygen atoms in total. The third-order valence-electron chi connectivity index (χ3n) is 3.07. The van der Waals surface area contributed by atoms with E-state index in [2.05, 4.69) is 10.2 Å². The van der Waals surface area contributed by atoms with Crippen LogP contribution in [-0.4, -0.2) is 51.1 Å². The number of nitrogens with zero attached hydrogens (tertiary/aromatic N) is 2. The van der Waals surface area contributed by atoms with Gasteiger partial charge in [0.2, 0.25) is 0 Å². The lowest BCUT2D eigenvalue weighted by molar-refractivity contribution is 0.0823. The summed E-state index contributed by atoms with van der Waals surface area (Å²) in [7, 11) is 3.23. The summed E-state index contributed by atoms with van der Waals surface area (Å²) in [5.41, 5.74) is 0.961. The molecule has 1 N–H and O–H groups in total. The molecule has 5 heteroatoms. The molecule has 1 heterocycles. The van der Waals surface area contributed by atoms with Crippen molar-refractivity contribution in [1.29, 1.82) is 0 Å². The maximum atomic E-state index is 13.9. The average Bonchev–Trinajstić information content (AvgIpc) is 2.38. The molecule has 0 spiro atoms. The first-order valence-corrected chi connectivity index (χ1v) is 6.06. The number of hydrogen-bond acceptors (Lipinski definition) is 3. The first-order chi connectivity index (χ1) is 8.59. The molecule has 0 bridgehead atoms. The Labute approximate surface area is 106 Å². The smallest absolute Gasteiger partial charge is 0.256 e. The minimum Gasteiger partial charge on any atom is -0.369 e. The largest absolute Gasteiger partial charge is 0.369 e. The molecule has 0 aromatic heterocycles. The molecule has 1 saturated heterocycles. The highest BCUT2D eigenvalue weighted by atomic mass is 19.1. The summed E-state index contributed by atoms with van der Waals surface area (Å²) in [4.78, 5) is 15.2. The highest BCUT2D eigenvalue weighted by Gasteiger charge is 2.16. The van der Waals surface area contributed by atoms with Gasteiger partial charge in [-0.25, -0.2) is 4.39 Å². The summed E-state index contributed by atoms with van der Waals surface area (Å²) in [6, 6.07) is 4.82. The van der Waals surface area contributed by atoms with Crippen LogP contribution in [0.1, 0.15) is 10.4 Å². The minimum atomic E-state index is -0.454. The summed E-state index contributed by atoms with van der Waals surface area (Å²) in [5.74, 6) is -0.760. The topological polar surface area (TPSA) is 35.6 Å². The summed E-state index contributed by atoms with van der Waals surface area (Å²) < 4.78 is 13.9. The number of benzene rings is 1. The van der Waals surface area contributed by atoms with Gasteiger partial charge < -0.3 is 15.1 Å². The molecule has 1 aromatic carbocycles. The zero-order valence-corrected chi connectivity index (χ0v) is 10.7. The zero-order valence-electron chi connectivity index (χ0n) is 10.7. The molecule has 1 aromatic rings. The molecule has 0 aliphatic carbocycles. The van der Waals surface area contributed by atoms with E-state index in [-0.39, 0.29) is 11.5 Å². The van der Waals surface area contributed by atoms with Crippen molar-refractivity contribution in [2.45, 2.75) is 0 Å². The Morgan fingerprint density at radius 2 is 2.00 bits per heavy atom. The van der Waals surface area contributed by atoms with E-state index in [0.29, 0.717) is 0 Å². The van der Waals surface area contributed by atoms with Crippen LogP contribution in [0.15, 0.2) is 18.2 Å². The summed E-state index contributed by atoms with van der Waals surface area (Å²) in [6.07, 6.45) is 0. The first kappa shape index (κ1) is 12.8. The van der Waals surface area contributed by atoms with E-state index in [1.165, 1.54) is 11.0 Å². The number of halogens is 1. The van der Waals surface area contributed by atoms with Crippen LogP contribution >= 0.6 is 0 Å². The molecule has 1 aliphatic rings. The molecule has 0 radical (unpaired) electrons. The van der Waals surface area contributed by atoms with Crippen molar-refractivity contribution in [2.75, 3.05) is 45.2 Å². The van der Waals surface area contributed by atoms with E-state index in [9.17, 15) is 9.18 Å². The van der Waals surface area contributed by atoms with Crippen molar-refractivity contribution in [3.63, 3.8) is 0 Å². The Bertz CT molecular complexity index is 442. The third-order valence-corrected chi connectivity index (χ3v) is 3.07. The van der Waals surface area contributed by atoms with Crippen molar-refractivity contribution < 1.29 is 9.18 Å². The lowest BCUT2D eigenvalue weighted by atomic mass is 10.1. The number of carbonyl (C=O) groups is 1. The fraction of sp³-hybridized carbons (Fsp3) is 0.462. The fourth-order valence-electron chi connectivity index (χ4n) is 2.04. The van der Waals surface area contributed by atoms with Gasteiger partial charge in [0.05, 0.1) is 5.56 Å². The van der Waals surface area contributed by atoms with Crippen LogP contribution in [0.2, 0.25) is 0 Å². The number of hydrogen-bond donors (Lipinski definition) is 1. The molecule has 98 valence electrons. The van der Waals surface area contributed by atoms with E-state index >= 15 is 0 Å². The predicted octanol–water partition coefficient (Wildman–Crippen LogP) is 0.937. The van der Waals surface area contributed by atoms with Gasteiger partial charge in [0.15, 0.2) is 0 Å². The Hall–Kier alpha value is -1.62. The molecule has 0 atom stereocenters. The average molecular weight is 251 g/mol. The molecule has 0 saturated carbocycles. The second kappa shape index (κ2) is 5.35. The van der Waals surface area contributed by atoms with Crippen LogP contribution in [0.4, 0.5) is 10.1 Å². The summed E-state index contributed by atoms with van der Waals surface area (Å²) >= 11 is 0. The van der Waals surface area contributed by atoms with Crippen molar-refractivity contribution in [2.24, 2.45) is 0 Å². The van der Waals surface area contributed by atoms with Gasteiger partial charge >= 0.3 is 0 Å². The first-order valence-electron chi connectivity index (χ1n) is 6.06. The molecular weight excluding hydrogens is 233 g/mol. The number of amides is 1. The van der Waals surface area contributed by atoms with Crippen molar-refractivity contribution in [1.82, 2.24) is 10.2 Å². The fourth-order valence-corrected chi connectivity index (χ4v) is 2.04. The highest BCUT2D eigenvalue weighted by Crippen LogP contribution is 2.19. The van der Waals surface area contributed by atoms with E-state index in [4.69, 9.17) is 0 Å². The lowest BCUT2D eigenvalue weighted by Crippen LogP contribution is -2.43. The molecule has 1 aliphatic heterocycles. The van der Waals surface area contributed by atoms with E-state index in [1.54, 1.807) is 20.2 Å². The molecule has 18 heavy (non-hydrogen) atoms. The number of anilines is 1. The van der Waals surface area contributed by atoms with Gasteiger partial charge in [-0.15, -0.1) is 0 Å². The number of nitrogens with one attached hydrogen (secondary N) is 1. The standard InChI is InChI=1S/C13H18FN3O/c1-16(2)13(18)11-4-3-10(9-12(11)14)17-7-5-15-6-8-17/h3-4,9,15H,5-8H2,1-2H3. The Balaban J connectivity index is 2.21. The van der Waals surface area contributed by atoms with E-state index in [0.717, 1.165) is 31.9 Å². The van der Waals surface area contributed by atoms with Crippen LogP contribution in [0.5, 0.6) is 0 Å². The molecule has 0 unspecified atom stereocenters. The monoisotopic (exact) mass is 251 g/mol.